The predicted molar refractivity (Wildman–Crippen MR) is 37.0 cm³/mol. The van der Waals surface area contributed by atoms with Gasteiger partial charge in [-0.1, -0.05) is 0 Å². The highest BCUT2D eigenvalue weighted by molar-refractivity contribution is 7.82. The fraction of sp³-hybridized carbons (Fsp3) is 0.600. The second-order valence-corrected chi connectivity index (χ2v) is 2.01. The maximum absolute atomic E-state index is 10.5. The second-order valence-electron chi connectivity index (χ2n) is 1.49. The van der Waals surface area contributed by atoms with E-state index >= 15 is 0 Å². The maximum Gasteiger partial charge on any atom is 0.330 e. The van der Waals surface area contributed by atoms with E-state index in [1.807, 2.05) is 0 Å². The first-order valence-electron chi connectivity index (χ1n) is 2.67. The van der Waals surface area contributed by atoms with Gasteiger partial charge in [-0.3, -0.25) is 9.59 Å². The first-order chi connectivity index (χ1) is 4.59. The molecule has 4 nitrogen and oxygen atoms in total. The molecule has 58 valence electrons. The van der Waals surface area contributed by atoms with Crippen LogP contribution in [-0.4, -0.2) is 28.9 Å². The molecule has 0 amide bonds. The van der Waals surface area contributed by atoms with Gasteiger partial charge in [0.2, 0.25) is 0 Å². The largest absolute Gasteiger partial charge is 0.480 e. The van der Waals surface area contributed by atoms with E-state index in [0.717, 1.165) is 0 Å². The fourth-order valence-electron chi connectivity index (χ4n) is 0.322. The van der Waals surface area contributed by atoms with Crippen molar-refractivity contribution in [1.29, 1.82) is 0 Å². The van der Waals surface area contributed by atoms with Crippen molar-refractivity contribution in [3.8, 4) is 0 Å². The van der Waals surface area contributed by atoms with Gasteiger partial charge >= 0.3 is 11.9 Å². The van der Waals surface area contributed by atoms with Crippen molar-refractivity contribution in [2.75, 3.05) is 6.61 Å². The molecule has 0 aliphatic heterocycles. The van der Waals surface area contributed by atoms with E-state index in [1.165, 1.54) is 0 Å². The predicted octanol–water partition coefficient (Wildman–Crippen LogP) is -0.0675. The van der Waals surface area contributed by atoms with Gasteiger partial charge in [0.15, 0.2) is 5.25 Å². The number of hydrogen-bond acceptors (Lipinski definition) is 4. The first kappa shape index (κ1) is 9.29. The van der Waals surface area contributed by atoms with Gasteiger partial charge in [0, 0.05) is 0 Å². The lowest BCUT2D eigenvalue weighted by Gasteiger charge is -2.03. The number of ether oxygens (including phenoxy) is 1. The van der Waals surface area contributed by atoms with Crippen LogP contribution < -0.4 is 0 Å². The molecule has 0 spiro atoms. The van der Waals surface area contributed by atoms with Gasteiger partial charge in [0.05, 0.1) is 6.61 Å². The van der Waals surface area contributed by atoms with Crippen LogP contribution in [0.5, 0.6) is 0 Å². The van der Waals surface area contributed by atoms with E-state index in [2.05, 4.69) is 17.4 Å². The summed E-state index contributed by atoms with van der Waals surface area (Å²) in [5, 5.41) is 6.84. The van der Waals surface area contributed by atoms with E-state index in [9.17, 15) is 9.59 Å². The molecule has 0 aromatic carbocycles. The van der Waals surface area contributed by atoms with Crippen LogP contribution in [0.25, 0.3) is 0 Å². The van der Waals surface area contributed by atoms with Gasteiger partial charge < -0.3 is 9.84 Å². The molecule has 0 aliphatic rings. The number of thiol groups is 1. The summed E-state index contributed by atoms with van der Waals surface area (Å²) in [6, 6.07) is 0. The molecular formula is C5H8O4S. The highest BCUT2D eigenvalue weighted by atomic mass is 32.1. The monoisotopic (exact) mass is 164 g/mol. The van der Waals surface area contributed by atoms with Crippen LogP contribution >= 0.6 is 12.6 Å². The summed E-state index contributed by atoms with van der Waals surface area (Å²) >= 11 is 3.48. The third kappa shape index (κ3) is 2.72. The lowest BCUT2D eigenvalue weighted by molar-refractivity contribution is -0.149. The fourth-order valence-corrected chi connectivity index (χ4v) is 0.397. The van der Waals surface area contributed by atoms with Crippen LogP contribution in [0.3, 0.4) is 0 Å². The van der Waals surface area contributed by atoms with Crippen molar-refractivity contribution in [2.45, 2.75) is 12.2 Å². The van der Waals surface area contributed by atoms with Crippen molar-refractivity contribution in [3.05, 3.63) is 0 Å². The smallest absolute Gasteiger partial charge is 0.330 e. The Morgan fingerprint density at radius 2 is 2.20 bits per heavy atom. The van der Waals surface area contributed by atoms with E-state index in [-0.39, 0.29) is 6.61 Å². The van der Waals surface area contributed by atoms with Crippen molar-refractivity contribution < 1.29 is 19.4 Å². The molecule has 5 heteroatoms. The van der Waals surface area contributed by atoms with Crippen LogP contribution in [0.1, 0.15) is 6.92 Å². The molecule has 0 aromatic rings. The van der Waals surface area contributed by atoms with Crippen LogP contribution in [0.15, 0.2) is 0 Å². The lowest BCUT2D eigenvalue weighted by Crippen LogP contribution is -2.26. The molecule has 0 saturated heterocycles. The Balaban J connectivity index is 3.82. The Morgan fingerprint density at radius 3 is 2.50 bits per heavy atom. The van der Waals surface area contributed by atoms with Crippen LogP contribution in [0.2, 0.25) is 0 Å². The Bertz CT molecular complexity index is 145. The zero-order chi connectivity index (χ0) is 8.15. The average molecular weight is 164 g/mol. The van der Waals surface area contributed by atoms with E-state index in [4.69, 9.17) is 5.11 Å². The third-order valence-electron chi connectivity index (χ3n) is 0.744. The van der Waals surface area contributed by atoms with Gasteiger partial charge in [-0.15, -0.1) is 0 Å². The van der Waals surface area contributed by atoms with Crippen molar-refractivity contribution in [2.24, 2.45) is 0 Å². The van der Waals surface area contributed by atoms with Crippen molar-refractivity contribution in [3.63, 3.8) is 0 Å². The molecule has 1 unspecified atom stereocenters. The Morgan fingerprint density at radius 1 is 1.70 bits per heavy atom. The number of esters is 1. The highest BCUT2D eigenvalue weighted by Gasteiger charge is 2.22. The summed E-state index contributed by atoms with van der Waals surface area (Å²) in [7, 11) is 0. The molecule has 0 saturated carbocycles. The summed E-state index contributed by atoms with van der Waals surface area (Å²) in [5.41, 5.74) is 0. The minimum atomic E-state index is -1.36. The zero-order valence-electron chi connectivity index (χ0n) is 5.40. The van der Waals surface area contributed by atoms with Crippen LogP contribution in [0.4, 0.5) is 0 Å². The summed E-state index contributed by atoms with van der Waals surface area (Å²) < 4.78 is 4.37. The topological polar surface area (TPSA) is 63.6 Å². The second kappa shape index (κ2) is 4.16. The maximum atomic E-state index is 10.5. The summed E-state index contributed by atoms with van der Waals surface area (Å²) in [4.78, 5) is 20.5. The average Bonchev–Trinajstić information content (AvgIpc) is 1.87. The number of rotatable bonds is 3. The molecular weight excluding hydrogens is 156 g/mol. The molecule has 0 heterocycles. The lowest BCUT2D eigenvalue weighted by atomic mass is 10.4. The number of carbonyl (C=O) groups is 2. The Labute approximate surface area is 63.6 Å². The number of carboxylic acids is 1. The molecule has 0 rings (SSSR count). The van der Waals surface area contributed by atoms with Gasteiger partial charge in [-0.05, 0) is 6.92 Å². The van der Waals surface area contributed by atoms with Gasteiger partial charge in [-0.25, -0.2) is 0 Å². The quantitative estimate of drug-likeness (QED) is 0.348. The Hall–Kier alpha value is -0.710. The molecule has 0 aliphatic carbocycles. The van der Waals surface area contributed by atoms with E-state index in [1.54, 1.807) is 6.92 Å². The van der Waals surface area contributed by atoms with Crippen LogP contribution in [0, 0.1) is 0 Å². The molecule has 0 radical (unpaired) electrons. The number of hydrogen-bond donors (Lipinski definition) is 2. The molecule has 0 aromatic heterocycles. The molecule has 0 fully saturated rings. The van der Waals surface area contributed by atoms with Gasteiger partial charge in [0.25, 0.3) is 0 Å². The molecule has 1 atom stereocenters. The minimum Gasteiger partial charge on any atom is -0.480 e. The van der Waals surface area contributed by atoms with E-state index < -0.39 is 17.2 Å². The summed E-state index contributed by atoms with van der Waals surface area (Å²) in [6.07, 6.45) is 0. The SMILES string of the molecule is CCOC(=O)C(S)C(=O)O. The molecule has 1 N–H and O–H groups in total. The third-order valence-corrected chi connectivity index (χ3v) is 1.18. The summed E-state index contributed by atoms with van der Waals surface area (Å²) in [6.45, 7) is 1.77. The first-order valence-corrected chi connectivity index (χ1v) is 3.18. The van der Waals surface area contributed by atoms with Crippen LogP contribution in [-0.2, 0) is 14.3 Å². The molecule has 0 bridgehead atoms. The van der Waals surface area contributed by atoms with Crippen molar-refractivity contribution >= 4 is 24.6 Å². The van der Waals surface area contributed by atoms with Crippen molar-refractivity contribution in [1.82, 2.24) is 0 Å². The summed E-state index contributed by atoms with van der Waals surface area (Å²) in [5.74, 6) is -2.11. The van der Waals surface area contributed by atoms with E-state index in [0.29, 0.717) is 0 Å². The number of carbonyl (C=O) groups excluding carboxylic acids is 1. The minimum absolute atomic E-state index is 0.170. The molecule has 10 heavy (non-hydrogen) atoms. The Kier molecular flexibility index (Phi) is 3.87. The van der Waals surface area contributed by atoms with Gasteiger partial charge in [-0.2, -0.15) is 12.6 Å². The number of aliphatic carboxylic acids is 1. The number of carboxylic acid groups (broad SMARTS) is 1. The standard InChI is InChI=1S/C5H8O4S/c1-2-9-5(8)3(10)4(6)7/h3,10H,2H2,1H3,(H,6,7). The zero-order valence-corrected chi connectivity index (χ0v) is 6.30. The normalized spacial score (nSPS) is 12.2. The van der Waals surface area contributed by atoms with Gasteiger partial charge in [0.1, 0.15) is 0 Å². The highest BCUT2D eigenvalue weighted by Crippen LogP contribution is 1.97.